The molecule has 2 rings (SSSR count). The molecule has 2 aromatic carbocycles. The summed E-state index contributed by atoms with van der Waals surface area (Å²) < 4.78 is 11.0. The van der Waals surface area contributed by atoms with E-state index in [1.807, 2.05) is 55.5 Å². The number of hydrogen-bond acceptors (Lipinski definition) is 3. The van der Waals surface area contributed by atoms with E-state index in [2.05, 4.69) is 12.2 Å². The smallest absolute Gasteiger partial charge is 0.224 e. The Morgan fingerprint density at radius 3 is 2.54 bits per heavy atom. The summed E-state index contributed by atoms with van der Waals surface area (Å²) in [6.45, 7) is 4.66. The lowest BCUT2D eigenvalue weighted by Crippen LogP contribution is -2.28. The third kappa shape index (κ3) is 5.01. The second kappa shape index (κ2) is 8.96. The molecule has 0 saturated carbocycles. The molecule has 0 radical (unpaired) electrons. The maximum atomic E-state index is 12.3. The number of benzene rings is 2. The maximum absolute atomic E-state index is 12.3. The van der Waals surface area contributed by atoms with Crippen molar-refractivity contribution >= 4 is 5.91 Å². The van der Waals surface area contributed by atoms with E-state index in [9.17, 15) is 4.79 Å². The van der Waals surface area contributed by atoms with Gasteiger partial charge in [-0.25, -0.2) is 0 Å². The second-order valence-electron chi connectivity index (χ2n) is 5.71. The van der Waals surface area contributed by atoms with Crippen LogP contribution in [0, 0.1) is 0 Å². The summed E-state index contributed by atoms with van der Waals surface area (Å²) in [5.41, 5.74) is 1.99. The minimum absolute atomic E-state index is 0.0158. The van der Waals surface area contributed by atoms with Crippen LogP contribution in [-0.2, 0) is 11.2 Å². The van der Waals surface area contributed by atoms with Crippen molar-refractivity contribution < 1.29 is 14.3 Å². The lowest BCUT2D eigenvalue weighted by Gasteiger charge is -2.15. The van der Waals surface area contributed by atoms with Gasteiger partial charge in [-0.2, -0.15) is 0 Å². The first kappa shape index (κ1) is 17.9. The molecular weight excluding hydrogens is 302 g/mol. The highest BCUT2D eigenvalue weighted by molar-refractivity contribution is 5.79. The summed E-state index contributed by atoms with van der Waals surface area (Å²) in [4.78, 5) is 12.3. The number of carbonyl (C=O) groups is 1. The molecule has 0 heterocycles. The fourth-order valence-electron chi connectivity index (χ4n) is 2.46. The number of amides is 1. The van der Waals surface area contributed by atoms with Gasteiger partial charge in [0.15, 0.2) is 11.5 Å². The second-order valence-corrected chi connectivity index (χ2v) is 5.71. The minimum atomic E-state index is -0.0206. The Hall–Kier alpha value is -2.49. The van der Waals surface area contributed by atoms with Crippen LogP contribution in [0.3, 0.4) is 0 Å². The van der Waals surface area contributed by atoms with Gasteiger partial charge < -0.3 is 14.8 Å². The van der Waals surface area contributed by atoms with Crippen LogP contribution in [0.1, 0.15) is 37.4 Å². The lowest BCUT2D eigenvalue weighted by atomic mass is 10.1. The molecule has 24 heavy (non-hydrogen) atoms. The average Bonchev–Trinajstić information content (AvgIpc) is 2.60. The van der Waals surface area contributed by atoms with Crippen LogP contribution in [0.15, 0.2) is 48.5 Å². The first-order valence-corrected chi connectivity index (χ1v) is 8.28. The largest absolute Gasteiger partial charge is 0.493 e. The number of carbonyl (C=O) groups excluding carboxylic acids is 1. The highest BCUT2D eigenvalue weighted by Gasteiger charge is 2.12. The quantitative estimate of drug-likeness (QED) is 0.800. The van der Waals surface area contributed by atoms with Crippen molar-refractivity contribution in [2.24, 2.45) is 0 Å². The highest BCUT2D eigenvalue weighted by atomic mass is 16.5. The number of rotatable bonds is 8. The molecule has 4 heteroatoms. The first-order chi connectivity index (χ1) is 11.6. The van der Waals surface area contributed by atoms with Gasteiger partial charge in [0.1, 0.15) is 0 Å². The van der Waals surface area contributed by atoms with Crippen molar-refractivity contribution in [1.29, 1.82) is 0 Å². The molecule has 0 aromatic heterocycles. The van der Waals surface area contributed by atoms with Crippen LogP contribution in [-0.4, -0.2) is 19.6 Å². The summed E-state index contributed by atoms with van der Waals surface area (Å²) in [6, 6.07) is 15.5. The molecule has 0 fully saturated rings. The molecule has 1 unspecified atom stereocenters. The topological polar surface area (TPSA) is 47.6 Å². The summed E-state index contributed by atoms with van der Waals surface area (Å²) in [6.07, 6.45) is 1.23. The lowest BCUT2D eigenvalue weighted by molar-refractivity contribution is -0.121. The van der Waals surface area contributed by atoms with Gasteiger partial charge in [-0.05, 0) is 36.6 Å². The van der Waals surface area contributed by atoms with Crippen molar-refractivity contribution in [3.05, 3.63) is 59.7 Å². The first-order valence-electron chi connectivity index (χ1n) is 8.28. The van der Waals surface area contributed by atoms with Gasteiger partial charge in [0.2, 0.25) is 5.91 Å². The molecule has 0 aliphatic heterocycles. The Morgan fingerprint density at radius 1 is 1.12 bits per heavy atom. The number of ether oxygens (including phenoxy) is 2. The zero-order valence-corrected chi connectivity index (χ0v) is 14.5. The van der Waals surface area contributed by atoms with E-state index in [4.69, 9.17) is 9.47 Å². The average molecular weight is 327 g/mol. The minimum Gasteiger partial charge on any atom is -0.493 e. The molecule has 1 amide bonds. The van der Waals surface area contributed by atoms with E-state index >= 15 is 0 Å². The SMILES string of the molecule is CCCOc1cc(CC(=O)NC(C)c2ccccc2)ccc1OC. The Kier molecular flexibility index (Phi) is 6.67. The Bertz CT molecular complexity index is 655. The molecule has 0 aliphatic carbocycles. The molecule has 128 valence electrons. The maximum Gasteiger partial charge on any atom is 0.224 e. The van der Waals surface area contributed by atoms with Crippen LogP contribution >= 0.6 is 0 Å². The fraction of sp³-hybridized carbons (Fsp3) is 0.350. The van der Waals surface area contributed by atoms with Crippen molar-refractivity contribution in [2.75, 3.05) is 13.7 Å². The van der Waals surface area contributed by atoms with Crippen molar-refractivity contribution in [3.63, 3.8) is 0 Å². The third-order valence-electron chi connectivity index (χ3n) is 3.73. The van der Waals surface area contributed by atoms with Gasteiger partial charge in [0, 0.05) is 0 Å². The molecule has 4 nitrogen and oxygen atoms in total. The predicted octanol–water partition coefficient (Wildman–Crippen LogP) is 3.90. The van der Waals surface area contributed by atoms with Gasteiger partial charge in [-0.3, -0.25) is 4.79 Å². The van der Waals surface area contributed by atoms with E-state index < -0.39 is 0 Å². The predicted molar refractivity (Wildman–Crippen MR) is 95.5 cm³/mol. The van der Waals surface area contributed by atoms with Gasteiger partial charge in [0.05, 0.1) is 26.2 Å². The van der Waals surface area contributed by atoms with E-state index in [0.29, 0.717) is 24.5 Å². The third-order valence-corrected chi connectivity index (χ3v) is 3.73. The standard InChI is InChI=1S/C20H25NO3/c1-4-12-24-19-13-16(10-11-18(19)23-3)14-20(22)21-15(2)17-8-6-5-7-9-17/h5-11,13,15H,4,12,14H2,1-3H3,(H,21,22). The summed E-state index contributed by atoms with van der Waals surface area (Å²) in [7, 11) is 1.61. The van der Waals surface area contributed by atoms with Gasteiger partial charge in [-0.15, -0.1) is 0 Å². The monoisotopic (exact) mass is 327 g/mol. The van der Waals surface area contributed by atoms with Crippen LogP contribution in [0.2, 0.25) is 0 Å². The Morgan fingerprint density at radius 2 is 1.88 bits per heavy atom. The zero-order chi connectivity index (χ0) is 17.4. The van der Waals surface area contributed by atoms with Crippen LogP contribution in [0.5, 0.6) is 11.5 Å². The molecule has 1 atom stereocenters. The highest BCUT2D eigenvalue weighted by Crippen LogP contribution is 2.28. The normalized spacial score (nSPS) is 11.6. The van der Waals surface area contributed by atoms with Crippen LogP contribution in [0.25, 0.3) is 0 Å². The van der Waals surface area contributed by atoms with Crippen LogP contribution < -0.4 is 14.8 Å². The number of nitrogens with one attached hydrogen (secondary N) is 1. The van der Waals surface area contributed by atoms with Crippen molar-refractivity contribution in [3.8, 4) is 11.5 Å². The Labute approximate surface area is 143 Å². The molecule has 0 saturated heterocycles. The zero-order valence-electron chi connectivity index (χ0n) is 14.5. The molecule has 0 aliphatic rings. The molecule has 0 bridgehead atoms. The Balaban J connectivity index is 2.00. The summed E-state index contributed by atoms with van der Waals surface area (Å²) in [5, 5.41) is 3.02. The van der Waals surface area contributed by atoms with E-state index in [0.717, 1.165) is 17.5 Å². The van der Waals surface area contributed by atoms with Crippen LogP contribution in [0.4, 0.5) is 0 Å². The van der Waals surface area contributed by atoms with Crippen molar-refractivity contribution in [2.45, 2.75) is 32.7 Å². The van der Waals surface area contributed by atoms with E-state index in [1.54, 1.807) is 7.11 Å². The van der Waals surface area contributed by atoms with Crippen molar-refractivity contribution in [1.82, 2.24) is 5.32 Å². The summed E-state index contributed by atoms with van der Waals surface area (Å²) >= 11 is 0. The van der Waals surface area contributed by atoms with E-state index in [-0.39, 0.29) is 11.9 Å². The van der Waals surface area contributed by atoms with E-state index in [1.165, 1.54) is 0 Å². The van der Waals surface area contributed by atoms with Gasteiger partial charge in [0.25, 0.3) is 0 Å². The van der Waals surface area contributed by atoms with Gasteiger partial charge >= 0.3 is 0 Å². The van der Waals surface area contributed by atoms with Gasteiger partial charge in [-0.1, -0.05) is 43.3 Å². The molecule has 0 spiro atoms. The fourth-order valence-corrected chi connectivity index (χ4v) is 2.46. The number of hydrogen-bond donors (Lipinski definition) is 1. The molecule has 2 aromatic rings. The summed E-state index contributed by atoms with van der Waals surface area (Å²) in [5.74, 6) is 1.35. The molecule has 1 N–H and O–H groups in total. The molecular formula is C20H25NO3. The number of methoxy groups -OCH3 is 1.